The van der Waals surface area contributed by atoms with Crippen LogP contribution in [0.4, 0.5) is 0 Å². The zero-order chi connectivity index (χ0) is 9.40. The van der Waals surface area contributed by atoms with Crippen molar-refractivity contribution in [3.05, 3.63) is 47.6 Å². The van der Waals surface area contributed by atoms with Gasteiger partial charge in [0.05, 0.1) is 0 Å². The smallest absolute Gasteiger partial charge is 0.0398 e. The van der Waals surface area contributed by atoms with Crippen molar-refractivity contribution in [2.75, 3.05) is 0 Å². The molecule has 0 aliphatic rings. The fourth-order valence-electron chi connectivity index (χ4n) is 0.766. The molecule has 0 heterocycles. The molecule has 0 atom stereocenters. The lowest BCUT2D eigenvalue weighted by molar-refractivity contribution is 1.46. The maximum Gasteiger partial charge on any atom is -0.0398 e. The van der Waals surface area contributed by atoms with Gasteiger partial charge in [-0.05, 0) is 27.7 Å². The van der Waals surface area contributed by atoms with Crippen LogP contribution in [-0.2, 0) is 0 Å². The van der Waals surface area contributed by atoms with Crippen LogP contribution in [0.2, 0.25) is 0 Å². The largest absolute Gasteiger partial charge is 0.0874 e. The van der Waals surface area contributed by atoms with Gasteiger partial charge in [-0.2, -0.15) is 0 Å². The minimum absolute atomic E-state index is 1.28. The second-order valence-corrected chi connectivity index (χ2v) is 2.80. The maximum atomic E-state index is 2.10. The highest BCUT2D eigenvalue weighted by atomic mass is 13.8. The molecule has 0 radical (unpaired) electrons. The van der Waals surface area contributed by atoms with E-state index >= 15 is 0 Å². The fourth-order valence-corrected chi connectivity index (χ4v) is 0.766. The Kier molecular flexibility index (Phi) is 6.08. The molecule has 0 aromatic heterocycles. The number of rotatable bonds is 3. The van der Waals surface area contributed by atoms with Gasteiger partial charge in [-0.25, -0.2) is 0 Å². The van der Waals surface area contributed by atoms with Crippen LogP contribution in [-0.4, -0.2) is 0 Å². The van der Waals surface area contributed by atoms with Crippen molar-refractivity contribution < 1.29 is 0 Å². The van der Waals surface area contributed by atoms with Gasteiger partial charge in [-0.1, -0.05) is 47.6 Å². The molecule has 0 aliphatic heterocycles. The molecule has 12 heavy (non-hydrogen) atoms. The third kappa shape index (κ3) is 5.72. The molecule has 0 nitrogen and oxygen atoms in total. The molecule has 0 fully saturated rings. The molecule has 0 rings (SSSR count). The third-order valence-electron chi connectivity index (χ3n) is 1.60. The molecule has 0 bridgehead atoms. The molecule has 0 saturated heterocycles. The SMILES string of the molecule is C/C=C/C(C)=C/C=C/C(C)=C/C. The number of hydrogen-bond donors (Lipinski definition) is 0. The highest BCUT2D eigenvalue weighted by molar-refractivity contribution is 5.25. The van der Waals surface area contributed by atoms with E-state index in [0.29, 0.717) is 0 Å². The summed E-state index contributed by atoms with van der Waals surface area (Å²) in [6.45, 7) is 8.26. The van der Waals surface area contributed by atoms with Crippen LogP contribution in [0, 0.1) is 0 Å². The molecule has 0 saturated carbocycles. The lowest BCUT2D eigenvalue weighted by atomic mass is 10.2. The van der Waals surface area contributed by atoms with E-state index in [1.165, 1.54) is 11.1 Å². The summed E-state index contributed by atoms with van der Waals surface area (Å²) in [6, 6.07) is 0. The summed E-state index contributed by atoms with van der Waals surface area (Å²) in [5.41, 5.74) is 2.57. The monoisotopic (exact) mass is 162 g/mol. The lowest BCUT2D eigenvalue weighted by Gasteiger charge is -1.87. The molecular weight excluding hydrogens is 144 g/mol. The maximum absolute atomic E-state index is 2.10. The standard InChI is InChI=1S/C12H18/c1-5-8-12(4)10-7-9-11(3)6-2/h5-10H,1-4H3/b8-5+,9-7+,11-6+,12-10+. The van der Waals surface area contributed by atoms with E-state index in [2.05, 4.69) is 44.2 Å². The summed E-state index contributed by atoms with van der Waals surface area (Å²) in [7, 11) is 0. The van der Waals surface area contributed by atoms with Crippen LogP contribution in [0.3, 0.4) is 0 Å². The zero-order valence-corrected chi connectivity index (χ0v) is 8.46. The summed E-state index contributed by atoms with van der Waals surface area (Å²) in [5.74, 6) is 0. The molecule has 0 heteroatoms. The van der Waals surface area contributed by atoms with Crippen molar-refractivity contribution in [2.45, 2.75) is 27.7 Å². The number of allylic oxidation sites excluding steroid dienone is 8. The molecule has 0 aromatic rings. The van der Waals surface area contributed by atoms with Crippen molar-refractivity contribution >= 4 is 0 Å². The van der Waals surface area contributed by atoms with Crippen molar-refractivity contribution in [3.8, 4) is 0 Å². The summed E-state index contributed by atoms with van der Waals surface area (Å²) in [5, 5.41) is 0. The molecule has 0 N–H and O–H groups in total. The van der Waals surface area contributed by atoms with Gasteiger partial charge in [0, 0.05) is 0 Å². The normalized spacial score (nSPS) is 15.0. The molecule has 0 aromatic carbocycles. The van der Waals surface area contributed by atoms with E-state index in [1.54, 1.807) is 0 Å². The Labute approximate surface area is 76.0 Å². The quantitative estimate of drug-likeness (QED) is 0.549. The van der Waals surface area contributed by atoms with Gasteiger partial charge in [-0.15, -0.1) is 0 Å². The van der Waals surface area contributed by atoms with Gasteiger partial charge in [0.2, 0.25) is 0 Å². The van der Waals surface area contributed by atoms with Crippen molar-refractivity contribution in [1.29, 1.82) is 0 Å². The summed E-state index contributed by atoms with van der Waals surface area (Å²) in [4.78, 5) is 0. The molecule has 66 valence electrons. The lowest BCUT2D eigenvalue weighted by Crippen LogP contribution is -1.66. The number of hydrogen-bond acceptors (Lipinski definition) is 0. The predicted octanol–water partition coefficient (Wildman–Crippen LogP) is 4.03. The molecular formula is C12H18. The van der Waals surface area contributed by atoms with E-state index in [9.17, 15) is 0 Å². The van der Waals surface area contributed by atoms with Gasteiger partial charge in [0.25, 0.3) is 0 Å². The molecule has 0 aliphatic carbocycles. The van der Waals surface area contributed by atoms with Gasteiger partial charge >= 0.3 is 0 Å². The summed E-state index contributed by atoms with van der Waals surface area (Å²) in [6.07, 6.45) is 12.5. The minimum Gasteiger partial charge on any atom is -0.0874 e. The molecule has 0 spiro atoms. The Morgan fingerprint density at radius 1 is 0.917 bits per heavy atom. The fraction of sp³-hybridized carbons (Fsp3) is 0.333. The van der Waals surface area contributed by atoms with Gasteiger partial charge in [0.1, 0.15) is 0 Å². The Balaban J connectivity index is 4.12. The Hall–Kier alpha value is -1.04. The van der Waals surface area contributed by atoms with E-state index in [0.717, 1.165) is 0 Å². The first-order chi connectivity index (χ1) is 5.70. The van der Waals surface area contributed by atoms with E-state index in [-0.39, 0.29) is 0 Å². The third-order valence-corrected chi connectivity index (χ3v) is 1.60. The summed E-state index contributed by atoms with van der Waals surface area (Å²) >= 11 is 0. The van der Waals surface area contributed by atoms with Crippen LogP contribution >= 0.6 is 0 Å². The second-order valence-electron chi connectivity index (χ2n) is 2.80. The van der Waals surface area contributed by atoms with Gasteiger partial charge in [-0.3, -0.25) is 0 Å². The van der Waals surface area contributed by atoms with Gasteiger partial charge in [0.15, 0.2) is 0 Å². The van der Waals surface area contributed by atoms with Crippen molar-refractivity contribution in [2.24, 2.45) is 0 Å². The van der Waals surface area contributed by atoms with Crippen molar-refractivity contribution in [3.63, 3.8) is 0 Å². The second kappa shape index (κ2) is 6.66. The average Bonchev–Trinajstić information content (AvgIpc) is 2.04. The van der Waals surface area contributed by atoms with E-state index in [1.807, 2.05) is 19.9 Å². The van der Waals surface area contributed by atoms with Crippen LogP contribution in [0.15, 0.2) is 47.6 Å². The van der Waals surface area contributed by atoms with E-state index in [4.69, 9.17) is 0 Å². The highest BCUT2D eigenvalue weighted by Gasteiger charge is 1.77. The van der Waals surface area contributed by atoms with Crippen LogP contribution in [0.5, 0.6) is 0 Å². The van der Waals surface area contributed by atoms with Crippen LogP contribution < -0.4 is 0 Å². The Bertz CT molecular complexity index is 224. The zero-order valence-electron chi connectivity index (χ0n) is 8.46. The first-order valence-corrected chi connectivity index (χ1v) is 4.31. The minimum atomic E-state index is 1.28. The average molecular weight is 162 g/mol. The Morgan fingerprint density at radius 3 is 2.08 bits per heavy atom. The van der Waals surface area contributed by atoms with E-state index < -0.39 is 0 Å². The highest BCUT2D eigenvalue weighted by Crippen LogP contribution is 1.98. The molecule has 0 amide bonds. The van der Waals surface area contributed by atoms with Crippen molar-refractivity contribution in [1.82, 2.24) is 0 Å². The van der Waals surface area contributed by atoms with Gasteiger partial charge < -0.3 is 0 Å². The predicted molar refractivity (Wildman–Crippen MR) is 57.1 cm³/mol. The van der Waals surface area contributed by atoms with Crippen LogP contribution in [0.1, 0.15) is 27.7 Å². The first-order valence-electron chi connectivity index (χ1n) is 4.31. The first kappa shape index (κ1) is 11.0. The molecule has 0 unspecified atom stereocenters. The topological polar surface area (TPSA) is 0 Å². The summed E-state index contributed by atoms with van der Waals surface area (Å²) < 4.78 is 0. The van der Waals surface area contributed by atoms with Crippen LogP contribution in [0.25, 0.3) is 0 Å². The Morgan fingerprint density at radius 2 is 1.58 bits per heavy atom.